The molecule has 15 heavy (non-hydrogen) atoms. The molecule has 1 atom stereocenters. The standard InChI is InChI=1S/C13H16BrN/c14-12-5-3-4-11-10(12)6-7-13(11)15-8-1-2-9-15/h3-5,13H,1-2,6-9H2. The highest BCUT2D eigenvalue weighted by Crippen LogP contribution is 2.40. The predicted molar refractivity (Wildman–Crippen MR) is 66.0 cm³/mol. The second-order valence-electron chi connectivity index (χ2n) is 4.61. The zero-order valence-corrected chi connectivity index (χ0v) is 10.5. The molecule has 0 aromatic heterocycles. The van der Waals surface area contributed by atoms with E-state index in [2.05, 4.69) is 39.0 Å². The average Bonchev–Trinajstić information content (AvgIpc) is 2.85. The highest BCUT2D eigenvalue weighted by molar-refractivity contribution is 9.10. The van der Waals surface area contributed by atoms with Gasteiger partial charge < -0.3 is 0 Å². The minimum absolute atomic E-state index is 0.708. The van der Waals surface area contributed by atoms with Crippen molar-refractivity contribution < 1.29 is 0 Å². The lowest BCUT2D eigenvalue weighted by Crippen LogP contribution is -2.23. The fraction of sp³-hybridized carbons (Fsp3) is 0.538. The maximum Gasteiger partial charge on any atom is 0.0354 e. The Kier molecular flexibility index (Phi) is 2.57. The number of likely N-dealkylation sites (tertiary alicyclic amines) is 1. The molecule has 2 heteroatoms. The van der Waals surface area contributed by atoms with Crippen molar-refractivity contribution in [2.75, 3.05) is 13.1 Å². The second-order valence-corrected chi connectivity index (χ2v) is 5.46. The molecule has 1 saturated heterocycles. The van der Waals surface area contributed by atoms with Crippen LogP contribution in [0.3, 0.4) is 0 Å². The van der Waals surface area contributed by atoms with Crippen LogP contribution in [0.2, 0.25) is 0 Å². The Morgan fingerprint density at radius 2 is 2.00 bits per heavy atom. The van der Waals surface area contributed by atoms with Crippen LogP contribution >= 0.6 is 15.9 Å². The van der Waals surface area contributed by atoms with Crippen LogP contribution in [0.25, 0.3) is 0 Å². The number of fused-ring (bicyclic) bond motifs is 1. The van der Waals surface area contributed by atoms with Gasteiger partial charge in [-0.2, -0.15) is 0 Å². The summed E-state index contributed by atoms with van der Waals surface area (Å²) in [6.07, 6.45) is 5.34. The van der Waals surface area contributed by atoms with E-state index in [4.69, 9.17) is 0 Å². The Hall–Kier alpha value is -0.340. The van der Waals surface area contributed by atoms with Gasteiger partial charge in [-0.15, -0.1) is 0 Å². The summed E-state index contributed by atoms with van der Waals surface area (Å²) in [6.45, 7) is 2.60. The molecule has 0 spiro atoms. The summed E-state index contributed by atoms with van der Waals surface area (Å²) in [4.78, 5) is 2.66. The van der Waals surface area contributed by atoms with E-state index in [1.54, 1.807) is 11.1 Å². The zero-order chi connectivity index (χ0) is 10.3. The lowest BCUT2D eigenvalue weighted by molar-refractivity contribution is 0.245. The van der Waals surface area contributed by atoms with Crippen molar-refractivity contribution in [2.45, 2.75) is 31.7 Å². The van der Waals surface area contributed by atoms with Crippen LogP contribution in [-0.4, -0.2) is 18.0 Å². The van der Waals surface area contributed by atoms with Crippen molar-refractivity contribution in [3.05, 3.63) is 33.8 Å². The maximum atomic E-state index is 3.66. The van der Waals surface area contributed by atoms with Gasteiger partial charge in [0.15, 0.2) is 0 Å². The number of hydrogen-bond acceptors (Lipinski definition) is 1. The van der Waals surface area contributed by atoms with Gasteiger partial charge in [0.05, 0.1) is 0 Å². The molecule has 0 bridgehead atoms. The van der Waals surface area contributed by atoms with Crippen molar-refractivity contribution in [3.63, 3.8) is 0 Å². The highest BCUT2D eigenvalue weighted by atomic mass is 79.9. The summed E-state index contributed by atoms with van der Waals surface area (Å²) in [7, 11) is 0. The summed E-state index contributed by atoms with van der Waals surface area (Å²) in [5.41, 5.74) is 3.13. The van der Waals surface area contributed by atoms with Crippen molar-refractivity contribution in [3.8, 4) is 0 Å². The Labute approximate surface area is 99.6 Å². The van der Waals surface area contributed by atoms with Crippen LogP contribution in [0.5, 0.6) is 0 Å². The first-order valence-electron chi connectivity index (χ1n) is 5.87. The number of hydrogen-bond donors (Lipinski definition) is 0. The van der Waals surface area contributed by atoms with Crippen molar-refractivity contribution in [2.24, 2.45) is 0 Å². The smallest absolute Gasteiger partial charge is 0.0354 e. The molecule has 0 N–H and O–H groups in total. The summed E-state index contributed by atoms with van der Waals surface area (Å²) < 4.78 is 1.31. The molecular formula is C13H16BrN. The Morgan fingerprint density at radius 1 is 1.20 bits per heavy atom. The molecule has 1 aliphatic heterocycles. The highest BCUT2D eigenvalue weighted by Gasteiger charge is 2.30. The van der Waals surface area contributed by atoms with E-state index in [-0.39, 0.29) is 0 Å². The Balaban J connectivity index is 1.94. The summed E-state index contributed by atoms with van der Waals surface area (Å²) in [5.74, 6) is 0. The van der Waals surface area contributed by atoms with Crippen molar-refractivity contribution in [1.29, 1.82) is 0 Å². The number of benzene rings is 1. The number of halogens is 1. The SMILES string of the molecule is Brc1cccc2c1CCC2N1CCCC1. The maximum absolute atomic E-state index is 3.66. The third kappa shape index (κ3) is 1.64. The van der Waals surface area contributed by atoms with E-state index >= 15 is 0 Å². The molecule has 1 nitrogen and oxygen atoms in total. The molecule has 1 aliphatic carbocycles. The van der Waals surface area contributed by atoms with E-state index in [9.17, 15) is 0 Å². The predicted octanol–water partition coefficient (Wildman–Crippen LogP) is 3.53. The van der Waals surface area contributed by atoms with E-state index < -0.39 is 0 Å². The monoisotopic (exact) mass is 265 g/mol. The van der Waals surface area contributed by atoms with E-state index in [0.717, 1.165) is 0 Å². The third-order valence-corrected chi connectivity index (χ3v) is 4.51. The molecule has 1 unspecified atom stereocenters. The molecule has 1 heterocycles. The molecule has 0 radical (unpaired) electrons. The lowest BCUT2D eigenvalue weighted by atomic mass is 10.1. The van der Waals surface area contributed by atoms with Crippen LogP contribution in [0.15, 0.2) is 22.7 Å². The molecule has 80 valence electrons. The van der Waals surface area contributed by atoms with Gasteiger partial charge in [-0.05, 0) is 56.0 Å². The second kappa shape index (κ2) is 3.91. The quantitative estimate of drug-likeness (QED) is 0.751. The Morgan fingerprint density at radius 3 is 2.80 bits per heavy atom. The molecule has 3 rings (SSSR count). The first-order valence-corrected chi connectivity index (χ1v) is 6.67. The number of rotatable bonds is 1. The normalized spacial score (nSPS) is 25.8. The van der Waals surface area contributed by atoms with E-state index in [1.807, 2.05) is 0 Å². The summed E-state index contributed by atoms with van der Waals surface area (Å²) in [6, 6.07) is 7.37. The number of nitrogens with zero attached hydrogens (tertiary/aromatic N) is 1. The van der Waals surface area contributed by atoms with Gasteiger partial charge in [0.2, 0.25) is 0 Å². The van der Waals surface area contributed by atoms with Gasteiger partial charge in [0.1, 0.15) is 0 Å². The molecule has 2 aliphatic rings. The van der Waals surface area contributed by atoms with E-state index in [1.165, 1.54) is 43.2 Å². The van der Waals surface area contributed by atoms with E-state index in [0.29, 0.717) is 6.04 Å². The van der Waals surface area contributed by atoms with Gasteiger partial charge >= 0.3 is 0 Å². The average molecular weight is 266 g/mol. The largest absolute Gasteiger partial charge is 0.296 e. The van der Waals surface area contributed by atoms with Crippen LogP contribution in [-0.2, 0) is 6.42 Å². The molecule has 1 fully saturated rings. The van der Waals surface area contributed by atoms with Gasteiger partial charge in [-0.3, -0.25) is 4.90 Å². The topological polar surface area (TPSA) is 3.24 Å². The zero-order valence-electron chi connectivity index (χ0n) is 8.88. The van der Waals surface area contributed by atoms with Crippen molar-refractivity contribution in [1.82, 2.24) is 4.90 Å². The third-order valence-electron chi connectivity index (χ3n) is 3.76. The lowest BCUT2D eigenvalue weighted by Gasteiger charge is -2.24. The minimum atomic E-state index is 0.708. The summed E-state index contributed by atoms with van der Waals surface area (Å²) in [5, 5.41) is 0. The van der Waals surface area contributed by atoms with Crippen LogP contribution in [0, 0.1) is 0 Å². The molecular weight excluding hydrogens is 250 g/mol. The first-order chi connectivity index (χ1) is 7.36. The van der Waals surface area contributed by atoms with Crippen LogP contribution in [0.4, 0.5) is 0 Å². The fourth-order valence-corrected chi connectivity index (χ4v) is 3.60. The molecule has 1 aromatic rings. The minimum Gasteiger partial charge on any atom is -0.296 e. The Bertz CT molecular complexity index is 369. The van der Waals surface area contributed by atoms with Gasteiger partial charge in [-0.1, -0.05) is 28.1 Å². The molecule has 0 amide bonds. The summed E-state index contributed by atoms with van der Waals surface area (Å²) >= 11 is 3.66. The van der Waals surface area contributed by atoms with Crippen LogP contribution in [0.1, 0.15) is 36.4 Å². The first kappa shape index (κ1) is 9.86. The van der Waals surface area contributed by atoms with Crippen LogP contribution < -0.4 is 0 Å². The van der Waals surface area contributed by atoms with Gasteiger partial charge in [0.25, 0.3) is 0 Å². The van der Waals surface area contributed by atoms with Crippen molar-refractivity contribution >= 4 is 15.9 Å². The van der Waals surface area contributed by atoms with Gasteiger partial charge in [0, 0.05) is 10.5 Å². The molecule has 0 saturated carbocycles. The molecule has 1 aromatic carbocycles. The fourth-order valence-electron chi connectivity index (χ4n) is 3.02. The van der Waals surface area contributed by atoms with Gasteiger partial charge in [-0.25, -0.2) is 0 Å².